The van der Waals surface area contributed by atoms with Gasteiger partial charge < -0.3 is 4.74 Å². The fourth-order valence-electron chi connectivity index (χ4n) is 2.77. The molecule has 2 aromatic rings. The Morgan fingerprint density at radius 1 is 1.00 bits per heavy atom. The molecule has 5 nitrogen and oxygen atoms in total. The number of esters is 1. The molecule has 0 spiro atoms. The predicted octanol–water partition coefficient (Wildman–Crippen LogP) is 2.89. The second kappa shape index (κ2) is 5.92. The van der Waals surface area contributed by atoms with Gasteiger partial charge in [-0.1, -0.05) is 29.8 Å². The predicted molar refractivity (Wildman–Crippen MR) is 88.0 cm³/mol. The number of carbonyl (C=O) groups is 3. The van der Waals surface area contributed by atoms with Gasteiger partial charge in [0.1, 0.15) is 11.8 Å². The number of fused-ring (bicyclic) bond motifs is 1. The summed E-state index contributed by atoms with van der Waals surface area (Å²) in [7, 11) is 0. The third-order valence-electron chi connectivity index (χ3n) is 4.09. The average molecular weight is 323 g/mol. The molecule has 0 N–H and O–H groups in total. The Kier molecular flexibility index (Phi) is 3.93. The molecule has 24 heavy (non-hydrogen) atoms. The van der Waals surface area contributed by atoms with Gasteiger partial charge >= 0.3 is 5.97 Å². The van der Waals surface area contributed by atoms with Gasteiger partial charge in [-0.2, -0.15) is 0 Å². The third kappa shape index (κ3) is 2.58. The van der Waals surface area contributed by atoms with Crippen molar-refractivity contribution in [1.29, 1.82) is 0 Å². The molecule has 0 radical (unpaired) electrons. The van der Waals surface area contributed by atoms with E-state index in [1.54, 1.807) is 30.3 Å². The summed E-state index contributed by atoms with van der Waals surface area (Å²) in [5, 5.41) is 0. The number of benzene rings is 2. The summed E-state index contributed by atoms with van der Waals surface area (Å²) in [6, 6.07) is 11.0. The first-order valence-corrected chi connectivity index (χ1v) is 7.66. The van der Waals surface area contributed by atoms with E-state index in [4.69, 9.17) is 4.74 Å². The molecular formula is C19H17NO4. The number of rotatable bonds is 3. The highest BCUT2D eigenvalue weighted by Gasteiger charge is 2.41. The highest BCUT2D eigenvalue weighted by Crippen LogP contribution is 2.26. The molecule has 3 rings (SSSR count). The van der Waals surface area contributed by atoms with Crippen LogP contribution in [0.2, 0.25) is 0 Å². The molecule has 0 aromatic heterocycles. The largest absolute Gasteiger partial charge is 0.425 e. The van der Waals surface area contributed by atoms with Crippen molar-refractivity contribution in [2.75, 3.05) is 0 Å². The second-order valence-electron chi connectivity index (χ2n) is 5.89. The molecular weight excluding hydrogens is 306 g/mol. The number of amides is 2. The molecule has 1 unspecified atom stereocenters. The maximum atomic E-state index is 12.4. The Morgan fingerprint density at radius 2 is 1.58 bits per heavy atom. The zero-order valence-corrected chi connectivity index (χ0v) is 13.7. The van der Waals surface area contributed by atoms with Crippen molar-refractivity contribution in [2.24, 2.45) is 0 Å². The van der Waals surface area contributed by atoms with Crippen molar-refractivity contribution in [1.82, 2.24) is 4.90 Å². The van der Waals surface area contributed by atoms with Gasteiger partial charge in [-0.05, 0) is 44.5 Å². The minimum atomic E-state index is -1.00. The highest BCUT2D eigenvalue weighted by molar-refractivity contribution is 6.22. The van der Waals surface area contributed by atoms with Crippen LogP contribution in [0.1, 0.15) is 38.8 Å². The van der Waals surface area contributed by atoms with Gasteiger partial charge in [0.15, 0.2) is 0 Å². The normalized spacial score (nSPS) is 14.5. The maximum absolute atomic E-state index is 12.4. The van der Waals surface area contributed by atoms with Crippen LogP contribution < -0.4 is 4.74 Å². The summed E-state index contributed by atoms with van der Waals surface area (Å²) < 4.78 is 5.38. The molecule has 1 heterocycles. The Labute approximate surface area is 139 Å². The summed E-state index contributed by atoms with van der Waals surface area (Å²) in [6.07, 6.45) is 0. The second-order valence-corrected chi connectivity index (χ2v) is 5.89. The van der Waals surface area contributed by atoms with Crippen molar-refractivity contribution >= 4 is 17.8 Å². The van der Waals surface area contributed by atoms with E-state index in [1.165, 1.54) is 6.92 Å². The van der Waals surface area contributed by atoms with Crippen LogP contribution in [0.15, 0.2) is 42.5 Å². The topological polar surface area (TPSA) is 63.7 Å². The molecule has 2 amide bonds. The van der Waals surface area contributed by atoms with Gasteiger partial charge in [0.2, 0.25) is 0 Å². The van der Waals surface area contributed by atoms with Crippen molar-refractivity contribution in [2.45, 2.75) is 26.8 Å². The van der Waals surface area contributed by atoms with Crippen LogP contribution in [0, 0.1) is 13.8 Å². The summed E-state index contributed by atoms with van der Waals surface area (Å²) in [5.74, 6) is -1.16. The zero-order chi connectivity index (χ0) is 17.4. The summed E-state index contributed by atoms with van der Waals surface area (Å²) >= 11 is 0. The Hall–Kier alpha value is -2.95. The van der Waals surface area contributed by atoms with E-state index < -0.39 is 23.8 Å². The molecule has 0 bridgehead atoms. The van der Waals surface area contributed by atoms with E-state index in [-0.39, 0.29) is 0 Å². The Balaban J connectivity index is 1.82. The van der Waals surface area contributed by atoms with Gasteiger partial charge in [-0.15, -0.1) is 0 Å². The molecule has 1 atom stereocenters. The van der Waals surface area contributed by atoms with Crippen molar-refractivity contribution in [3.05, 3.63) is 64.7 Å². The monoisotopic (exact) mass is 323 g/mol. The number of carbonyl (C=O) groups excluding carboxylic acids is 3. The SMILES string of the molecule is Cc1ccc(OC(=O)C(C)N2C(=O)c3ccccc3C2=O)c(C)c1. The molecule has 0 fully saturated rings. The minimum absolute atomic E-state index is 0.314. The molecule has 1 aliphatic heterocycles. The van der Waals surface area contributed by atoms with E-state index in [2.05, 4.69) is 0 Å². The van der Waals surface area contributed by atoms with Gasteiger partial charge in [0.05, 0.1) is 11.1 Å². The summed E-state index contributed by atoms with van der Waals surface area (Å²) in [6.45, 7) is 5.27. The number of ether oxygens (including phenoxy) is 1. The Bertz CT molecular complexity index is 821. The van der Waals surface area contributed by atoms with Crippen LogP contribution in [0.25, 0.3) is 0 Å². The van der Waals surface area contributed by atoms with Crippen LogP contribution in [-0.4, -0.2) is 28.7 Å². The number of nitrogens with zero attached hydrogens (tertiary/aromatic N) is 1. The van der Waals surface area contributed by atoms with Crippen molar-refractivity contribution < 1.29 is 19.1 Å². The molecule has 0 aliphatic carbocycles. The van der Waals surface area contributed by atoms with Crippen LogP contribution >= 0.6 is 0 Å². The lowest BCUT2D eigenvalue weighted by molar-refractivity contribution is -0.138. The van der Waals surface area contributed by atoms with E-state index in [1.807, 2.05) is 26.0 Å². The van der Waals surface area contributed by atoms with Gasteiger partial charge in [-0.3, -0.25) is 14.5 Å². The fourth-order valence-corrected chi connectivity index (χ4v) is 2.77. The van der Waals surface area contributed by atoms with Gasteiger partial charge in [0.25, 0.3) is 11.8 Å². The lowest BCUT2D eigenvalue weighted by atomic mass is 10.1. The number of hydrogen-bond acceptors (Lipinski definition) is 4. The lowest BCUT2D eigenvalue weighted by Gasteiger charge is -2.21. The van der Waals surface area contributed by atoms with Gasteiger partial charge in [0, 0.05) is 0 Å². The summed E-state index contributed by atoms with van der Waals surface area (Å²) in [5.41, 5.74) is 2.50. The first-order chi connectivity index (χ1) is 11.4. The minimum Gasteiger partial charge on any atom is -0.425 e. The van der Waals surface area contributed by atoms with E-state index in [0.717, 1.165) is 16.0 Å². The number of imide groups is 1. The third-order valence-corrected chi connectivity index (χ3v) is 4.09. The van der Waals surface area contributed by atoms with Gasteiger partial charge in [-0.25, -0.2) is 4.79 Å². The Morgan fingerprint density at radius 3 is 2.12 bits per heavy atom. The molecule has 122 valence electrons. The highest BCUT2D eigenvalue weighted by atomic mass is 16.5. The fraction of sp³-hybridized carbons (Fsp3) is 0.211. The lowest BCUT2D eigenvalue weighted by Crippen LogP contribution is -2.44. The summed E-state index contributed by atoms with van der Waals surface area (Å²) in [4.78, 5) is 38.2. The molecule has 5 heteroatoms. The maximum Gasteiger partial charge on any atom is 0.334 e. The molecule has 2 aromatic carbocycles. The number of hydrogen-bond donors (Lipinski definition) is 0. The van der Waals surface area contributed by atoms with Crippen LogP contribution in [-0.2, 0) is 4.79 Å². The van der Waals surface area contributed by atoms with Crippen molar-refractivity contribution in [3.8, 4) is 5.75 Å². The quantitative estimate of drug-likeness (QED) is 0.495. The molecule has 0 saturated carbocycles. The van der Waals surface area contributed by atoms with Crippen molar-refractivity contribution in [3.63, 3.8) is 0 Å². The zero-order valence-electron chi connectivity index (χ0n) is 13.7. The smallest absolute Gasteiger partial charge is 0.334 e. The van der Waals surface area contributed by atoms with Crippen LogP contribution in [0.4, 0.5) is 0 Å². The van der Waals surface area contributed by atoms with E-state index >= 15 is 0 Å². The van der Waals surface area contributed by atoms with Crippen LogP contribution in [0.5, 0.6) is 5.75 Å². The first kappa shape index (κ1) is 15.9. The molecule has 0 saturated heterocycles. The van der Waals surface area contributed by atoms with Crippen LogP contribution in [0.3, 0.4) is 0 Å². The average Bonchev–Trinajstić information content (AvgIpc) is 2.81. The molecule has 1 aliphatic rings. The standard InChI is InChI=1S/C19H17NO4/c1-11-8-9-16(12(2)10-11)24-19(23)13(3)20-17(21)14-6-4-5-7-15(14)18(20)22/h4-10,13H,1-3H3. The number of aryl methyl sites for hydroxylation is 2. The van der Waals surface area contributed by atoms with E-state index in [9.17, 15) is 14.4 Å². The van der Waals surface area contributed by atoms with E-state index in [0.29, 0.717) is 16.9 Å². The first-order valence-electron chi connectivity index (χ1n) is 7.66.